The average molecular weight is 225 g/mol. The number of halogens is 1. The molecule has 0 bridgehead atoms. The van der Waals surface area contributed by atoms with Crippen LogP contribution in [-0.4, -0.2) is 24.8 Å². The number of ether oxygens (including phenoxy) is 1. The van der Waals surface area contributed by atoms with Crippen molar-refractivity contribution in [3.63, 3.8) is 0 Å². The zero-order chi connectivity index (χ0) is 11.5. The molecule has 16 heavy (non-hydrogen) atoms. The van der Waals surface area contributed by atoms with Gasteiger partial charge in [0, 0.05) is 18.7 Å². The highest BCUT2D eigenvalue weighted by molar-refractivity contribution is 5.38. The normalized spacial score (nSPS) is 23.0. The van der Waals surface area contributed by atoms with Crippen molar-refractivity contribution in [3.05, 3.63) is 29.3 Å². The lowest BCUT2D eigenvalue weighted by molar-refractivity contribution is 0.0276. The van der Waals surface area contributed by atoms with E-state index in [4.69, 9.17) is 4.74 Å². The molecule has 0 spiro atoms. The van der Waals surface area contributed by atoms with Gasteiger partial charge in [0.1, 0.15) is 11.9 Å². The van der Waals surface area contributed by atoms with Gasteiger partial charge in [-0.05, 0) is 24.6 Å². The van der Waals surface area contributed by atoms with Crippen LogP contribution >= 0.6 is 0 Å². The lowest BCUT2D eigenvalue weighted by Gasteiger charge is -2.24. The molecule has 1 heterocycles. The Morgan fingerprint density at radius 3 is 3.00 bits per heavy atom. The van der Waals surface area contributed by atoms with Gasteiger partial charge in [-0.3, -0.25) is 0 Å². The summed E-state index contributed by atoms with van der Waals surface area (Å²) < 4.78 is 18.8. The number of hydrogen-bond acceptors (Lipinski definition) is 3. The van der Waals surface area contributed by atoms with Gasteiger partial charge in [0.2, 0.25) is 0 Å². The predicted molar refractivity (Wildman–Crippen MR) is 59.2 cm³/mol. The van der Waals surface area contributed by atoms with Crippen molar-refractivity contribution in [2.75, 3.05) is 19.7 Å². The van der Waals surface area contributed by atoms with Gasteiger partial charge in [0.25, 0.3) is 0 Å². The summed E-state index contributed by atoms with van der Waals surface area (Å²) in [5.74, 6) is 0.00233. The summed E-state index contributed by atoms with van der Waals surface area (Å²) in [5, 5.41) is 12.7. The van der Waals surface area contributed by atoms with Crippen LogP contribution in [0.1, 0.15) is 30.3 Å². The number of morpholine rings is 1. The number of nitrogens with one attached hydrogen (secondary N) is 1. The molecule has 3 nitrogen and oxygen atoms in total. The lowest BCUT2D eigenvalue weighted by Crippen LogP contribution is -2.33. The minimum Gasteiger partial charge on any atom is -0.508 e. The fourth-order valence-electron chi connectivity index (χ4n) is 1.87. The smallest absolute Gasteiger partial charge is 0.126 e. The van der Waals surface area contributed by atoms with Crippen LogP contribution in [0.3, 0.4) is 0 Å². The standard InChI is InChI=1S/C12H16FNO2/c1-8(13)10-6-9(2-3-11(10)15)12-7-14-4-5-16-12/h2-3,6,8,12,14-15H,4-5,7H2,1H3. The third-order valence-corrected chi connectivity index (χ3v) is 2.78. The molecule has 0 saturated carbocycles. The number of phenolic OH excluding ortho intramolecular Hbond substituents is 1. The topological polar surface area (TPSA) is 41.5 Å². The first-order valence-electron chi connectivity index (χ1n) is 5.47. The molecule has 1 aliphatic rings. The highest BCUT2D eigenvalue weighted by Gasteiger charge is 2.18. The van der Waals surface area contributed by atoms with Crippen LogP contribution in [0.15, 0.2) is 18.2 Å². The second-order valence-electron chi connectivity index (χ2n) is 4.00. The molecule has 2 N–H and O–H groups in total. The first kappa shape index (κ1) is 11.4. The summed E-state index contributed by atoms with van der Waals surface area (Å²) in [6.45, 7) is 3.65. The molecule has 2 rings (SSSR count). The predicted octanol–water partition coefficient (Wildman–Crippen LogP) is 2.08. The third-order valence-electron chi connectivity index (χ3n) is 2.78. The molecule has 0 aromatic heterocycles. The Bertz CT molecular complexity index is 362. The molecule has 1 aromatic rings. The first-order valence-corrected chi connectivity index (χ1v) is 5.47. The highest BCUT2D eigenvalue weighted by atomic mass is 19.1. The fourth-order valence-corrected chi connectivity index (χ4v) is 1.87. The van der Waals surface area contributed by atoms with Crippen LogP contribution in [-0.2, 0) is 4.74 Å². The number of benzene rings is 1. The van der Waals surface area contributed by atoms with Crippen molar-refractivity contribution >= 4 is 0 Å². The molecule has 2 unspecified atom stereocenters. The maximum absolute atomic E-state index is 13.2. The van der Waals surface area contributed by atoms with Gasteiger partial charge in [0.05, 0.1) is 12.7 Å². The average Bonchev–Trinajstić information content (AvgIpc) is 2.30. The van der Waals surface area contributed by atoms with Gasteiger partial charge in [-0.25, -0.2) is 4.39 Å². The van der Waals surface area contributed by atoms with Gasteiger partial charge in [-0.1, -0.05) is 6.07 Å². The second-order valence-corrected chi connectivity index (χ2v) is 4.00. The van der Waals surface area contributed by atoms with Gasteiger partial charge in [0.15, 0.2) is 0 Å². The molecule has 0 amide bonds. The minimum absolute atomic E-state index is 0.00233. The quantitative estimate of drug-likeness (QED) is 0.809. The maximum atomic E-state index is 13.2. The summed E-state index contributed by atoms with van der Waals surface area (Å²) in [5.41, 5.74) is 1.23. The van der Waals surface area contributed by atoms with Crippen LogP contribution in [0, 0.1) is 0 Å². The summed E-state index contributed by atoms with van der Waals surface area (Å²) >= 11 is 0. The van der Waals surface area contributed by atoms with E-state index >= 15 is 0 Å². The van der Waals surface area contributed by atoms with Gasteiger partial charge in [-0.2, -0.15) is 0 Å². The molecule has 0 aliphatic carbocycles. The van der Waals surface area contributed by atoms with Crippen LogP contribution < -0.4 is 5.32 Å². The van der Waals surface area contributed by atoms with Gasteiger partial charge < -0.3 is 15.2 Å². The van der Waals surface area contributed by atoms with Gasteiger partial charge >= 0.3 is 0 Å². The SMILES string of the molecule is CC(F)c1cc(C2CNCCO2)ccc1O. The number of phenols is 1. The Morgan fingerprint density at radius 2 is 2.38 bits per heavy atom. The van der Waals surface area contributed by atoms with E-state index in [0.717, 1.165) is 18.7 Å². The van der Waals surface area contributed by atoms with Crippen molar-refractivity contribution in [1.29, 1.82) is 0 Å². The number of rotatable bonds is 2. The van der Waals surface area contributed by atoms with E-state index in [1.165, 1.54) is 13.0 Å². The Kier molecular flexibility index (Phi) is 3.41. The van der Waals surface area contributed by atoms with Crippen LogP contribution in [0.4, 0.5) is 4.39 Å². The Hall–Kier alpha value is -1.13. The Morgan fingerprint density at radius 1 is 1.56 bits per heavy atom. The summed E-state index contributed by atoms with van der Waals surface area (Å²) in [6, 6.07) is 4.98. The number of aromatic hydroxyl groups is 1. The van der Waals surface area contributed by atoms with E-state index in [2.05, 4.69) is 5.32 Å². The fraction of sp³-hybridized carbons (Fsp3) is 0.500. The zero-order valence-corrected chi connectivity index (χ0v) is 9.24. The molecule has 4 heteroatoms. The van der Waals surface area contributed by atoms with Gasteiger partial charge in [-0.15, -0.1) is 0 Å². The summed E-state index contributed by atoms with van der Waals surface area (Å²) in [7, 11) is 0. The molecule has 1 aliphatic heterocycles. The largest absolute Gasteiger partial charge is 0.508 e. The van der Waals surface area contributed by atoms with E-state index < -0.39 is 6.17 Å². The molecule has 88 valence electrons. The van der Waals surface area contributed by atoms with Crippen molar-refractivity contribution < 1.29 is 14.2 Å². The van der Waals surface area contributed by atoms with E-state index in [0.29, 0.717) is 12.2 Å². The molecule has 1 aromatic carbocycles. The third kappa shape index (κ3) is 2.33. The number of hydrogen-bond donors (Lipinski definition) is 2. The van der Waals surface area contributed by atoms with E-state index in [1.54, 1.807) is 12.1 Å². The van der Waals surface area contributed by atoms with Crippen LogP contribution in [0.25, 0.3) is 0 Å². The van der Waals surface area contributed by atoms with Crippen LogP contribution in [0.5, 0.6) is 5.75 Å². The Balaban J connectivity index is 2.24. The molecule has 0 radical (unpaired) electrons. The Labute approximate surface area is 94.2 Å². The summed E-state index contributed by atoms with van der Waals surface area (Å²) in [6.07, 6.45) is -1.22. The number of alkyl halides is 1. The van der Waals surface area contributed by atoms with Crippen LogP contribution in [0.2, 0.25) is 0 Å². The highest BCUT2D eigenvalue weighted by Crippen LogP contribution is 2.30. The molecular formula is C12H16FNO2. The molecular weight excluding hydrogens is 209 g/mol. The van der Waals surface area contributed by atoms with Crippen molar-refractivity contribution in [3.8, 4) is 5.75 Å². The monoisotopic (exact) mass is 225 g/mol. The van der Waals surface area contributed by atoms with E-state index in [9.17, 15) is 9.50 Å². The second kappa shape index (κ2) is 4.80. The molecule has 2 atom stereocenters. The van der Waals surface area contributed by atoms with Crippen molar-refractivity contribution in [2.24, 2.45) is 0 Å². The molecule has 1 fully saturated rings. The zero-order valence-electron chi connectivity index (χ0n) is 9.24. The summed E-state index contributed by atoms with van der Waals surface area (Å²) in [4.78, 5) is 0. The van der Waals surface area contributed by atoms with Crippen molar-refractivity contribution in [2.45, 2.75) is 19.2 Å². The lowest BCUT2D eigenvalue weighted by atomic mass is 10.0. The van der Waals surface area contributed by atoms with E-state index in [1.807, 2.05) is 0 Å². The first-order chi connectivity index (χ1) is 7.68. The molecule has 1 saturated heterocycles. The van der Waals surface area contributed by atoms with Crippen molar-refractivity contribution in [1.82, 2.24) is 5.32 Å². The minimum atomic E-state index is -1.17. The van der Waals surface area contributed by atoms with E-state index in [-0.39, 0.29) is 11.9 Å². The maximum Gasteiger partial charge on any atom is 0.126 e.